The number of rotatable bonds is 7. The van der Waals surface area contributed by atoms with Crippen LogP contribution in [0.1, 0.15) is 19.4 Å². The molecule has 0 aromatic carbocycles. The Morgan fingerprint density at radius 2 is 2.17 bits per heavy atom. The molecule has 0 spiro atoms. The molecule has 0 aliphatic rings. The van der Waals surface area contributed by atoms with Gasteiger partial charge in [-0.05, 0) is 24.2 Å². The van der Waals surface area contributed by atoms with Gasteiger partial charge in [-0.1, -0.05) is 13.8 Å². The summed E-state index contributed by atoms with van der Waals surface area (Å²) < 4.78 is 37.3. The highest BCUT2D eigenvalue weighted by Gasteiger charge is 2.27. The van der Waals surface area contributed by atoms with Crippen LogP contribution in [0.3, 0.4) is 0 Å². The molecule has 1 rings (SSSR count). The molecule has 0 unspecified atom stereocenters. The smallest absolute Gasteiger partial charge is 0.312 e. The molecule has 1 heterocycles. The molecule has 7 heteroatoms. The largest absolute Gasteiger partial charge is 0.441 e. The summed E-state index contributed by atoms with van der Waals surface area (Å²) >= 11 is -0.0170. The molecule has 0 aliphatic heterocycles. The maximum absolute atomic E-state index is 11.9. The lowest BCUT2D eigenvalue weighted by atomic mass is 10.2. The van der Waals surface area contributed by atoms with Crippen molar-refractivity contribution in [3.8, 4) is 0 Å². The van der Waals surface area contributed by atoms with Gasteiger partial charge in [0, 0.05) is 24.1 Å². The summed E-state index contributed by atoms with van der Waals surface area (Å²) in [5.74, 6) is 0.563. The summed E-state index contributed by atoms with van der Waals surface area (Å²) in [6.07, 6.45) is 3.47. The van der Waals surface area contributed by atoms with Crippen LogP contribution in [0.25, 0.3) is 0 Å². The number of hydrogen-bond acceptors (Lipinski definition) is 3. The first-order valence-electron chi connectivity index (χ1n) is 5.79. The molecule has 0 aliphatic carbocycles. The van der Waals surface area contributed by atoms with E-state index in [2.05, 4.69) is 24.3 Å². The second-order valence-electron chi connectivity index (χ2n) is 4.43. The first-order chi connectivity index (χ1) is 8.37. The van der Waals surface area contributed by atoms with Crippen LogP contribution in [0.2, 0.25) is 0 Å². The number of aromatic nitrogens is 2. The quantitative estimate of drug-likeness (QED) is 0.833. The Balaban J connectivity index is 2.26. The van der Waals surface area contributed by atoms with Crippen molar-refractivity contribution in [2.75, 3.05) is 12.3 Å². The third kappa shape index (κ3) is 6.90. The van der Waals surface area contributed by atoms with E-state index in [4.69, 9.17) is 0 Å². The van der Waals surface area contributed by atoms with Crippen molar-refractivity contribution >= 4 is 11.8 Å². The first-order valence-corrected chi connectivity index (χ1v) is 6.78. The average Bonchev–Trinajstić information content (AvgIpc) is 2.63. The summed E-state index contributed by atoms with van der Waals surface area (Å²) in [6.45, 7) is 6.11. The molecular formula is C11H18F3N3S. The monoisotopic (exact) mass is 281 g/mol. The normalized spacial score (nSPS) is 12.3. The number of nitrogens with zero attached hydrogens (tertiary/aromatic N) is 2. The fraction of sp³-hybridized carbons (Fsp3) is 0.727. The fourth-order valence-corrected chi connectivity index (χ4v) is 1.89. The second kappa shape index (κ2) is 7.04. The maximum atomic E-state index is 11.9. The van der Waals surface area contributed by atoms with Crippen LogP contribution < -0.4 is 5.32 Å². The average molecular weight is 281 g/mol. The molecule has 1 aromatic rings. The number of hydrogen-bond donors (Lipinski definition) is 1. The van der Waals surface area contributed by atoms with Gasteiger partial charge in [-0.15, -0.1) is 0 Å². The van der Waals surface area contributed by atoms with Crippen molar-refractivity contribution in [3.63, 3.8) is 0 Å². The van der Waals surface area contributed by atoms with Crippen molar-refractivity contribution in [1.82, 2.24) is 15.1 Å². The Morgan fingerprint density at radius 1 is 1.44 bits per heavy atom. The summed E-state index contributed by atoms with van der Waals surface area (Å²) in [5.41, 5.74) is -3.16. The van der Waals surface area contributed by atoms with E-state index < -0.39 is 5.51 Å². The molecule has 0 fully saturated rings. The Morgan fingerprint density at radius 3 is 2.78 bits per heavy atom. The van der Waals surface area contributed by atoms with Gasteiger partial charge in [0.05, 0.1) is 12.7 Å². The number of alkyl halides is 3. The van der Waals surface area contributed by atoms with Gasteiger partial charge in [0.2, 0.25) is 0 Å². The Hall–Kier alpha value is -0.690. The molecule has 1 aromatic heterocycles. The molecular weight excluding hydrogens is 263 g/mol. The van der Waals surface area contributed by atoms with E-state index in [-0.39, 0.29) is 24.1 Å². The molecule has 0 saturated carbocycles. The van der Waals surface area contributed by atoms with E-state index in [0.29, 0.717) is 12.5 Å². The van der Waals surface area contributed by atoms with Gasteiger partial charge in [0.1, 0.15) is 0 Å². The summed E-state index contributed by atoms with van der Waals surface area (Å²) in [7, 11) is 0. The minimum absolute atomic E-state index is 0.00988. The van der Waals surface area contributed by atoms with Crippen LogP contribution in [-0.4, -0.2) is 27.6 Å². The first kappa shape index (κ1) is 15.4. The zero-order chi connectivity index (χ0) is 13.6. The van der Waals surface area contributed by atoms with Gasteiger partial charge < -0.3 is 5.32 Å². The molecule has 0 radical (unpaired) electrons. The lowest BCUT2D eigenvalue weighted by Crippen LogP contribution is -2.18. The van der Waals surface area contributed by atoms with Crippen molar-refractivity contribution in [3.05, 3.63) is 18.0 Å². The predicted octanol–water partition coefficient (Wildman–Crippen LogP) is 2.88. The number of thioether (sulfide) groups is 1. The number of aryl methyl sites for hydroxylation is 1. The SMILES string of the molecule is CC(C)CNCc1cnn(CCSC(F)(F)F)c1. The zero-order valence-electron chi connectivity index (χ0n) is 10.5. The van der Waals surface area contributed by atoms with Gasteiger partial charge in [-0.2, -0.15) is 18.3 Å². The van der Waals surface area contributed by atoms with Crippen LogP contribution in [0.5, 0.6) is 0 Å². The minimum Gasteiger partial charge on any atom is -0.312 e. The number of nitrogens with one attached hydrogen (secondary N) is 1. The van der Waals surface area contributed by atoms with Gasteiger partial charge >= 0.3 is 5.51 Å². The van der Waals surface area contributed by atoms with Crippen molar-refractivity contribution in [2.24, 2.45) is 5.92 Å². The summed E-state index contributed by atoms with van der Waals surface area (Å²) in [6, 6.07) is 0. The Kier molecular flexibility index (Phi) is 6.01. The van der Waals surface area contributed by atoms with Gasteiger partial charge in [-0.25, -0.2) is 0 Å². The zero-order valence-corrected chi connectivity index (χ0v) is 11.3. The van der Waals surface area contributed by atoms with Crippen LogP contribution in [0, 0.1) is 5.92 Å². The predicted molar refractivity (Wildman–Crippen MR) is 67.3 cm³/mol. The molecule has 0 bridgehead atoms. The minimum atomic E-state index is -4.16. The highest BCUT2D eigenvalue weighted by atomic mass is 32.2. The molecule has 0 atom stereocenters. The van der Waals surface area contributed by atoms with Crippen LogP contribution in [0.4, 0.5) is 13.2 Å². The number of halogens is 3. The molecule has 1 N–H and O–H groups in total. The van der Waals surface area contributed by atoms with E-state index in [1.54, 1.807) is 17.1 Å². The van der Waals surface area contributed by atoms with E-state index in [1.807, 2.05) is 0 Å². The molecule has 0 amide bonds. The third-order valence-corrected chi connectivity index (χ3v) is 2.87. The lowest BCUT2D eigenvalue weighted by molar-refractivity contribution is -0.0328. The lowest BCUT2D eigenvalue weighted by Gasteiger charge is -2.06. The van der Waals surface area contributed by atoms with Gasteiger partial charge in [0.25, 0.3) is 0 Å². The highest BCUT2D eigenvalue weighted by Crippen LogP contribution is 2.29. The van der Waals surface area contributed by atoms with E-state index in [1.165, 1.54) is 0 Å². The summed E-state index contributed by atoms with van der Waals surface area (Å²) in [5, 5.41) is 7.29. The standard InChI is InChI=1S/C11H18F3N3S/c1-9(2)5-15-6-10-7-16-17(8-10)3-4-18-11(12,13)14/h7-9,15H,3-6H2,1-2H3. The van der Waals surface area contributed by atoms with E-state index in [0.717, 1.165) is 12.1 Å². The highest BCUT2D eigenvalue weighted by molar-refractivity contribution is 8.00. The van der Waals surface area contributed by atoms with E-state index >= 15 is 0 Å². The molecule has 104 valence electrons. The fourth-order valence-electron chi connectivity index (χ4n) is 1.38. The van der Waals surface area contributed by atoms with Crippen LogP contribution in [0.15, 0.2) is 12.4 Å². The summed E-state index contributed by atoms with van der Waals surface area (Å²) in [4.78, 5) is 0. The van der Waals surface area contributed by atoms with E-state index in [9.17, 15) is 13.2 Å². The van der Waals surface area contributed by atoms with Gasteiger partial charge in [0.15, 0.2) is 0 Å². The third-order valence-electron chi connectivity index (χ3n) is 2.15. The maximum Gasteiger partial charge on any atom is 0.441 e. The van der Waals surface area contributed by atoms with Crippen molar-refractivity contribution in [1.29, 1.82) is 0 Å². The molecule has 0 saturated heterocycles. The van der Waals surface area contributed by atoms with Crippen molar-refractivity contribution < 1.29 is 13.2 Å². The topological polar surface area (TPSA) is 29.9 Å². The van der Waals surface area contributed by atoms with Crippen LogP contribution >= 0.6 is 11.8 Å². The van der Waals surface area contributed by atoms with Crippen molar-refractivity contribution in [2.45, 2.75) is 32.4 Å². The molecule has 3 nitrogen and oxygen atoms in total. The molecule has 18 heavy (non-hydrogen) atoms. The van der Waals surface area contributed by atoms with Gasteiger partial charge in [-0.3, -0.25) is 4.68 Å². The second-order valence-corrected chi connectivity index (χ2v) is 5.59. The Bertz CT molecular complexity index is 350. The Labute approximate surface area is 109 Å². The van der Waals surface area contributed by atoms with Crippen LogP contribution in [-0.2, 0) is 13.1 Å².